The zero-order valence-electron chi connectivity index (χ0n) is 22.2. The van der Waals surface area contributed by atoms with Crippen LogP contribution in [0, 0.1) is 0 Å². The van der Waals surface area contributed by atoms with Gasteiger partial charge in [-0.2, -0.15) is 0 Å². The number of aromatic nitrogens is 4. The third-order valence-electron chi connectivity index (χ3n) is 7.65. The number of anilines is 2. The van der Waals surface area contributed by atoms with Gasteiger partial charge in [-0.25, -0.2) is 15.0 Å². The number of piperidine rings is 1. The van der Waals surface area contributed by atoms with Crippen LogP contribution in [0.3, 0.4) is 0 Å². The molecule has 1 aliphatic carbocycles. The molecule has 4 N–H and O–H groups in total. The number of rotatable bonds is 8. The molecule has 6 rings (SSSR count). The second-order valence-corrected chi connectivity index (χ2v) is 10.4. The van der Waals surface area contributed by atoms with Crippen LogP contribution in [0.15, 0.2) is 67.4 Å². The quantitative estimate of drug-likeness (QED) is 0.306. The minimum atomic E-state index is -0.193. The van der Waals surface area contributed by atoms with E-state index < -0.39 is 0 Å². The van der Waals surface area contributed by atoms with E-state index in [0.29, 0.717) is 23.1 Å². The second kappa shape index (κ2) is 10.4. The van der Waals surface area contributed by atoms with Gasteiger partial charge in [0.25, 0.3) is 5.91 Å². The Labute approximate surface area is 228 Å². The summed E-state index contributed by atoms with van der Waals surface area (Å²) in [6, 6.07) is 11.5. The number of hydrogen-bond acceptors (Lipinski definition) is 7. The molecule has 3 aromatic heterocycles. The van der Waals surface area contributed by atoms with Crippen LogP contribution in [0.25, 0.3) is 16.8 Å². The van der Waals surface area contributed by atoms with E-state index in [2.05, 4.69) is 43.4 Å². The van der Waals surface area contributed by atoms with E-state index in [0.717, 1.165) is 60.9 Å². The Bertz CT molecular complexity index is 1520. The highest BCUT2D eigenvalue weighted by molar-refractivity contribution is 6.04. The molecule has 9 heteroatoms. The number of imidazole rings is 1. The molecule has 200 valence electrons. The molecule has 1 aromatic carbocycles. The molecule has 9 nitrogen and oxygen atoms in total. The standard InChI is InChI=1S/C30H34N8O/c1-3-32-19(2)37-15-4-5-24(18-37)29-36-26(27-28(31)34-14-16-38(27)29)21-8-10-22(11-9-21)30(39)35-25-17-23(12-13-33-25)20-6-7-20/h8-14,16-17,20,24,32H,2-7,15,18H2,1H3,(H2,31,34)(H,33,35,39). The zero-order chi connectivity index (χ0) is 26.9. The molecule has 1 saturated carbocycles. The number of amides is 1. The molecular formula is C30H34N8O. The van der Waals surface area contributed by atoms with Gasteiger partial charge in [-0.1, -0.05) is 18.7 Å². The van der Waals surface area contributed by atoms with Crippen molar-refractivity contribution in [3.63, 3.8) is 0 Å². The average Bonchev–Trinajstić information content (AvgIpc) is 3.74. The molecule has 2 fully saturated rings. The van der Waals surface area contributed by atoms with Crippen LogP contribution >= 0.6 is 0 Å². The largest absolute Gasteiger partial charge is 0.382 e. The summed E-state index contributed by atoms with van der Waals surface area (Å²) in [5.41, 5.74) is 10.6. The number of benzene rings is 1. The number of carbonyl (C=O) groups excluding carboxylic acids is 1. The van der Waals surface area contributed by atoms with Crippen LogP contribution in [0.5, 0.6) is 0 Å². The topological polar surface area (TPSA) is 113 Å². The molecule has 0 radical (unpaired) electrons. The second-order valence-electron chi connectivity index (χ2n) is 10.4. The fourth-order valence-electron chi connectivity index (χ4n) is 5.48. The van der Waals surface area contributed by atoms with Crippen LogP contribution in [-0.4, -0.2) is 49.8 Å². The smallest absolute Gasteiger partial charge is 0.256 e. The van der Waals surface area contributed by atoms with Crippen molar-refractivity contribution in [2.45, 2.75) is 44.4 Å². The number of likely N-dealkylation sites (tertiary alicyclic amines) is 1. The highest BCUT2D eigenvalue weighted by atomic mass is 16.1. The molecule has 1 unspecified atom stereocenters. The van der Waals surface area contributed by atoms with E-state index in [4.69, 9.17) is 10.7 Å². The van der Waals surface area contributed by atoms with Gasteiger partial charge >= 0.3 is 0 Å². The Balaban J connectivity index is 1.26. The van der Waals surface area contributed by atoms with Gasteiger partial charge in [0.15, 0.2) is 0 Å². The van der Waals surface area contributed by atoms with E-state index >= 15 is 0 Å². The van der Waals surface area contributed by atoms with Crippen molar-refractivity contribution in [1.29, 1.82) is 0 Å². The maximum atomic E-state index is 13.0. The van der Waals surface area contributed by atoms with Gasteiger partial charge in [0.1, 0.15) is 28.7 Å². The number of nitrogen functional groups attached to an aromatic ring is 1. The van der Waals surface area contributed by atoms with Crippen molar-refractivity contribution in [2.24, 2.45) is 0 Å². The molecule has 1 aliphatic heterocycles. The van der Waals surface area contributed by atoms with Gasteiger partial charge in [-0.15, -0.1) is 0 Å². The Morgan fingerprint density at radius 1 is 1.10 bits per heavy atom. The van der Waals surface area contributed by atoms with E-state index in [1.165, 1.54) is 18.4 Å². The van der Waals surface area contributed by atoms with Gasteiger partial charge in [0.2, 0.25) is 0 Å². The fraction of sp³-hybridized carbons (Fsp3) is 0.333. The molecule has 1 saturated heterocycles. The van der Waals surface area contributed by atoms with E-state index in [9.17, 15) is 4.79 Å². The fourth-order valence-corrected chi connectivity index (χ4v) is 5.48. The minimum Gasteiger partial charge on any atom is -0.382 e. The highest BCUT2D eigenvalue weighted by Crippen LogP contribution is 2.40. The maximum Gasteiger partial charge on any atom is 0.256 e. The summed E-state index contributed by atoms with van der Waals surface area (Å²) in [7, 11) is 0. The monoisotopic (exact) mass is 522 g/mol. The van der Waals surface area contributed by atoms with Crippen molar-refractivity contribution in [3.05, 3.63) is 84.3 Å². The Kier molecular flexibility index (Phi) is 6.64. The van der Waals surface area contributed by atoms with Crippen molar-refractivity contribution in [2.75, 3.05) is 30.7 Å². The van der Waals surface area contributed by atoms with E-state index in [-0.39, 0.29) is 11.8 Å². The number of carbonyl (C=O) groups is 1. The van der Waals surface area contributed by atoms with Crippen LogP contribution < -0.4 is 16.4 Å². The third kappa shape index (κ3) is 5.04. The molecule has 2 aliphatic rings. The molecule has 39 heavy (non-hydrogen) atoms. The zero-order valence-corrected chi connectivity index (χ0v) is 22.2. The number of hydrogen-bond donors (Lipinski definition) is 3. The summed E-state index contributed by atoms with van der Waals surface area (Å²) in [5.74, 6) is 3.56. The summed E-state index contributed by atoms with van der Waals surface area (Å²) in [6.07, 6.45) is 9.90. The first-order valence-electron chi connectivity index (χ1n) is 13.7. The first-order chi connectivity index (χ1) is 19.0. The van der Waals surface area contributed by atoms with Crippen LogP contribution in [0.4, 0.5) is 11.6 Å². The van der Waals surface area contributed by atoms with Gasteiger partial charge in [-0.05, 0) is 68.4 Å². The summed E-state index contributed by atoms with van der Waals surface area (Å²) in [6.45, 7) is 8.94. The number of fused-ring (bicyclic) bond motifs is 1. The molecule has 0 bridgehead atoms. The molecule has 4 heterocycles. The van der Waals surface area contributed by atoms with Gasteiger partial charge < -0.3 is 21.3 Å². The van der Waals surface area contributed by atoms with Crippen molar-refractivity contribution in [3.8, 4) is 11.3 Å². The van der Waals surface area contributed by atoms with Gasteiger partial charge in [-0.3, -0.25) is 9.20 Å². The Hall–Kier alpha value is -4.40. The van der Waals surface area contributed by atoms with E-state index in [1.807, 2.05) is 42.6 Å². The van der Waals surface area contributed by atoms with Crippen molar-refractivity contribution in [1.82, 2.24) is 29.6 Å². The lowest BCUT2D eigenvalue weighted by atomic mass is 9.97. The molecule has 1 atom stereocenters. The van der Waals surface area contributed by atoms with Crippen molar-refractivity contribution < 1.29 is 4.79 Å². The minimum absolute atomic E-state index is 0.193. The Morgan fingerprint density at radius 3 is 2.69 bits per heavy atom. The SMILES string of the molecule is C=C(NCC)N1CCCC(c2nc(-c3ccc(C(=O)Nc4cc(C5CC5)ccn4)cc3)c3c(N)nccn23)C1. The number of nitrogens with two attached hydrogens (primary N) is 1. The third-order valence-corrected chi connectivity index (χ3v) is 7.65. The number of nitrogens with one attached hydrogen (secondary N) is 2. The molecule has 1 amide bonds. The van der Waals surface area contributed by atoms with Gasteiger partial charge in [0.05, 0.1) is 5.82 Å². The molecule has 4 aromatic rings. The summed E-state index contributed by atoms with van der Waals surface area (Å²) < 4.78 is 2.07. The normalized spacial score (nSPS) is 17.3. The van der Waals surface area contributed by atoms with Gasteiger partial charge in [0, 0.05) is 55.3 Å². The van der Waals surface area contributed by atoms with Crippen molar-refractivity contribution >= 4 is 23.1 Å². The van der Waals surface area contributed by atoms with Crippen LogP contribution in [0.2, 0.25) is 0 Å². The summed E-state index contributed by atoms with van der Waals surface area (Å²) in [5, 5.41) is 6.27. The summed E-state index contributed by atoms with van der Waals surface area (Å²) in [4.78, 5) is 29.0. The maximum absolute atomic E-state index is 13.0. The molecular weight excluding hydrogens is 488 g/mol. The average molecular weight is 523 g/mol. The Morgan fingerprint density at radius 2 is 1.92 bits per heavy atom. The van der Waals surface area contributed by atoms with Crippen LogP contribution in [0.1, 0.15) is 66.2 Å². The number of pyridine rings is 1. The lowest BCUT2D eigenvalue weighted by molar-refractivity contribution is 0.102. The molecule has 0 spiro atoms. The predicted octanol–water partition coefficient (Wildman–Crippen LogP) is 4.76. The van der Waals surface area contributed by atoms with E-state index in [1.54, 1.807) is 12.4 Å². The lowest BCUT2D eigenvalue weighted by Gasteiger charge is -2.35. The summed E-state index contributed by atoms with van der Waals surface area (Å²) >= 11 is 0. The first kappa shape index (κ1) is 24.9. The highest BCUT2D eigenvalue weighted by Gasteiger charge is 2.28. The van der Waals surface area contributed by atoms with Crippen LogP contribution in [-0.2, 0) is 0 Å². The number of nitrogens with zero attached hydrogens (tertiary/aromatic N) is 5. The first-order valence-corrected chi connectivity index (χ1v) is 13.7. The lowest BCUT2D eigenvalue weighted by Crippen LogP contribution is -2.38. The predicted molar refractivity (Wildman–Crippen MR) is 153 cm³/mol.